The van der Waals surface area contributed by atoms with Gasteiger partial charge in [0.25, 0.3) is 0 Å². The van der Waals surface area contributed by atoms with E-state index in [0.29, 0.717) is 50.7 Å². The predicted octanol–water partition coefficient (Wildman–Crippen LogP) is 1.87. The van der Waals surface area contributed by atoms with Crippen molar-refractivity contribution in [3.05, 3.63) is 47.6 Å². The number of nitrogens with zero attached hydrogens (tertiary/aromatic N) is 4. The summed E-state index contributed by atoms with van der Waals surface area (Å²) in [7, 11) is -3.14. The van der Waals surface area contributed by atoms with Crippen LogP contribution in [-0.4, -0.2) is 66.1 Å². The molecule has 2 saturated heterocycles. The molecule has 3 heterocycles. The van der Waals surface area contributed by atoms with E-state index in [9.17, 15) is 13.2 Å². The molecule has 1 aliphatic carbocycles. The molecule has 2 aliphatic heterocycles. The van der Waals surface area contributed by atoms with Crippen LogP contribution in [0.3, 0.4) is 0 Å². The SMILES string of the molecule is CS(=O)(=O)N1CCC(c2noc(C3CN(C(=O)C4(c5ccccc5)CC4)C3)n2)CC1. The molecule has 2 aromatic rings. The zero-order chi connectivity index (χ0) is 20.9. The van der Waals surface area contributed by atoms with Gasteiger partial charge in [-0.25, -0.2) is 12.7 Å². The lowest BCUT2D eigenvalue weighted by Crippen LogP contribution is -2.52. The van der Waals surface area contributed by atoms with Gasteiger partial charge in [-0.3, -0.25) is 4.79 Å². The van der Waals surface area contributed by atoms with Crippen LogP contribution < -0.4 is 0 Å². The fourth-order valence-electron chi connectivity index (χ4n) is 4.64. The van der Waals surface area contributed by atoms with Crippen LogP contribution in [-0.2, 0) is 20.2 Å². The van der Waals surface area contributed by atoms with Gasteiger partial charge in [0.05, 0.1) is 17.6 Å². The molecule has 9 heteroatoms. The summed E-state index contributed by atoms with van der Waals surface area (Å²) < 4.78 is 30.3. The Bertz CT molecular complexity index is 1030. The molecule has 30 heavy (non-hydrogen) atoms. The smallest absolute Gasteiger partial charge is 0.233 e. The predicted molar refractivity (Wildman–Crippen MR) is 109 cm³/mol. The number of sulfonamides is 1. The van der Waals surface area contributed by atoms with E-state index in [1.165, 1.54) is 10.6 Å². The lowest BCUT2D eigenvalue weighted by molar-refractivity contribution is -0.138. The molecule has 0 spiro atoms. The normalized spacial score (nSPS) is 22.6. The highest BCUT2D eigenvalue weighted by Crippen LogP contribution is 2.50. The molecule has 0 radical (unpaired) electrons. The summed E-state index contributed by atoms with van der Waals surface area (Å²) in [6.45, 7) is 2.20. The number of benzene rings is 1. The van der Waals surface area contributed by atoms with Crippen molar-refractivity contribution in [1.29, 1.82) is 0 Å². The average molecular weight is 431 g/mol. The van der Waals surface area contributed by atoms with E-state index in [1.807, 2.05) is 35.2 Å². The summed E-state index contributed by atoms with van der Waals surface area (Å²) in [6.07, 6.45) is 4.45. The number of amides is 1. The van der Waals surface area contributed by atoms with Gasteiger partial charge in [0.15, 0.2) is 5.82 Å². The average Bonchev–Trinajstić information content (AvgIpc) is 3.39. The van der Waals surface area contributed by atoms with Crippen molar-refractivity contribution in [3.8, 4) is 0 Å². The van der Waals surface area contributed by atoms with Crippen LogP contribution in [0.5, 0.6) is 0 Å². The van der Waals surface area contributed by atoms with Crippen molar-refractivity contribution in [2.45, 2.75) is 42.9 Å². The zero-order valence-corrected chi connectivity index (χ0v) is 17.8. The number of hydrogen-bond acceptors (Lipinski definition) is 6. The number of likely N-dealkylation sites (tertiary alicyclic amines) is 1. The third-order valence-electron chi connectivity index (χ3n) is 6.75. The zero-order valence-electron chi connectivity index (χ0n) is 17.0. The van der Waals surface area contributed by atoms with Crippen LogP contribution in [0, 0.1) is 0 Å². The number of piperidine rings is 1. The molecule has 1 saturated carbocycles. The molecular formula is C21H26N4O4S. The third kappa shape index (κ3) is 3.43. The Kier molecular flexibility index (Phi) is 4.70. The van der Waals surface area contributed by atoms with Crippen LogP contribution in [0.4, 0.5) is 0 Å². The second kappa shape index (κ2) is 7.16. The van der Waals surface area contributed by atoms with Crippen molar-refractivity contribution in [2.75, 3.05) is 32.4 Å². The van der Waals surface area contributed by atoms with Crippen molar-refractivity contribution in [3.63, 3.8) is 0 Å². The van der Waals surface area contributed by atoms with Crippen LogP contribution in [0.2, 0.25) is 0 Å². The van der Waals surface area contributed by atoms with E-state index in [2.05, 4.69) is 10.1 Å². The fourth-order valence-corrected chi connectivity index (χ4v) is 5.51. The highest BCUT2D eigenvalue weighted by Gasteiger charge is 2.55. The van der Waals surface area contributed by atoms with Gasteiger partial charge < -0.3 is 9.42 Å². The second-order valence-corrected chi connectivity index (χ2v) is 10.8. The van der Waals surface area contributed by atoms with E-state index >= 15 is 0 Å². The van der Waals surface area contributed by atoms with E-state index in [1.54, 1.807) is 0 Å². The molecule has 1 amide bonds. The largest absolute Gasteiger partial charge is 0.340 e. The first-order valence-corrected chi connectivity index (χ1v) is 12.4. The van der Waals surface area contributed by atoms with E-state index in [-0.39, 0.29) is 23.2 Å². The Hall–Kier alpha value is -2.26. The number of hydrogen-bond donors (Lipinski definition) is 0. The van der Waals surface area contributed by atoms with Gasteiger partial charge in [0.1, 0.15) is 0 Å². The van der Waals surface area contributed by atoms with Crippen LogP contribution >= 0.6 is 0 Å². The van der Waals surface area contributed by atoms with Gasteiger partial charge in [-0.15, -0.1) is 0 Å². The van der Waals surface area contributed by atoms with Crippen LogP contribution in [0.15, 0.2) is 34.9 Å². The molecule has 0 N–H and O–H groups in total. The van der Waals surface area contributed by atoms with Gasteiger partial charge in [-0.05, 0) is 31.2 Å². The molecule has 3 fully saturated rings. The molecule has 5 rings (SSSR count). The minimum atomic E-state index is -3.14. The minimum absolute atomic E-state index is 0.0814. The fraction of sp³-hybridized carbons (Fsp3) is 0.571. The first kappa shape index (κ1) is 19.7. The summed E-state index contributed by atoms with van der Waals surface area (Å²) in [4.78, 5) is 19.5. The Morgan fingerprint density at radius 2 is 1.77 bits per heavy atom. The number of aromatic nitrogens is 2. The maximum atomic E-state index is 13.1. The van der Waals surface area contributed by atoms with Crippen LogP contribution in [0.1, 0.15) is 54.8 Å². The lowest BCUT2D eigenvalue weighted by Gasteiger charge is -2.39. The number of rotatable bonds is 5. The topological polar surface area (TPSA) is 96.6 Å². The van der Waals surface area contributed by atoms with E-state index in [4.69, 9.17) is 4.52 Å². The third-order valence-corrected chi connectivity index (χ3v) is 8.05. The lowest BCUT2D eigenvalue weighted by atomic mass is 9.90. The summed E-state index contributed by atoms with van der Waals surface area (Å²) in [5.74, 6) is 1.65. The molecular weight excluding hydrogens is 404 g/mol. The van der Waals surface area contributed by atoms with Crippen molar-refractivity contribution in [1.82, 2.24) is 19.3 Å². The molecule has 8 nitrogen and oxygen atoms in total. The molecule has 1 aromatic heterocycles. The quantitative estimate of drug-likeness (QED) is 0.718. The minimum Gasteiger partial charge on any atom is -0.340 e. The molecule has 0 unspecified atom stereocenters. The first-order chi connectivity index (χ1) is 14.4. The van der Waals surface area contributed by atoms with Gasteiger partial charge in [0, 0.05) is 32.1 Å². The summed E-state index contributed by atoms with van der Waals surface area (Å²) >= 11 is 0. The second-order valence-electron chi connectivity index (χ2n) is 8.78. The van der Waals surface area contributed by atoms with Gasteiger partial charge >= 0.3 is 0 Å². The van der Waals surface area contributed by atoms with Gasteiger partial charge in [0.2, 0.25) is 21.8 Å². The number of carbonyl (C=O) groups excluding carboxylic acids is 1. The molecule has 1 aromatic carbocycles. The molecule has 3 aliphatic rings. The Labute approximate surface area is 176 Å². The van der Waals surface area contributed by atoms with Crippen molar-refractivity contribution < 1.29 is 17.7 Å². The summed E-state index contributed by atoms with van der Waals surface area (Å²) in [5, 5.41) is 4.15. The maximum Gasteiger partial charge on any atom is 0.233 e. The monoisotopic (exact) mass is 430 g/mol. The van der Waals surface area contributed by atoms with Crippen molar-refractivity contribution >= 4 is 15.9 Å². The highest BCUT2D eigenvalue weighted by molar-refractivity contribution is 7.88. The molecule has 0 bridgehead atoms. The van der Waals surface area contributed by atoms with Crippen molar-refractivity contribution in [2.24, 2.45) is 0 Å². The summed E-state index contributed by atoms with van der Waals surface area (Å²) in [6, 6.07) is 10.0. The standard InChI is InChI=1S/C21H26N4O4S/c1-30(27,28)25-11-7-15(8-12-25)18-22-19(29-23-18)16-13-24(14-16)20(26)21(9-10-21)17-5-3-2-4-6-17/h2-6,15-16H,7-14H2,1H3. The van der Waals surface area contributed by atoms with E-state index in [0.717, 1.165) is 18.4 Å². The summed E-state index contributed by atoms with van der Waals surface area (Å²) in [5.41, 5.74) is 0.777. The Balaban J connectivity index is 1.18. The van der Waals surface area contributed by atoms with E-state index < -0.39 is 10.0 Å². The maximum absolute atomic E-state index is 13.1. The van der Waals surface area contributed by atoms with Crippen LogP contribution in [0.25, 0.3) is 0 Å². The molecule has 0 atom stereocenters. The highest BCUT2D eigenvalue weighted by atomic mass is 32.2. The van der Waals surface area contributed by atoms with Gasteiger partial charge in [-0.1, -0.05) is 35.5 Å². The Morgan fingerprint density at radius 3 is 2.37 bits per heavy atom. The first-order valence-electron chi connectivity index (χ1n) is 10.5. The Morgan fingerprint density at radius 1 is 1.10 bits per heavy atom. The van der Waals surface area contributed by atoms with Gasteiger partial charge in [-0.2, -0.15) is 4.98 Å². The molecule has 160 valence electrons. The number of carbonyl (C=O) groups is 1.